The molecule has 1 atom stereocenters. The highest BCUT2D eigenvalue weighted by Crippen LogP contribution is 2.31. The van der Waals surface area contributed by atoms with Crippen LogP contribution in [0.5, 0.6) is 0 Å². The minimum absolute atomic E-state index is 0. The van der Waals surface area contributed by atoms with Crippen LogP contribution in [-0.4, -0.2) is 29.9 Å². The summed E-state index contributed by atoms with van der Waals surface area (Å²) in [5.41, 5.74) is 10.5. The monoisotopic (exact) mass is 334 g/mol. The molecule has 1 unspecified atom stereocenters. The molecular formula is C18H23ClN2O2. The first-order chi connectivity index (χ1) is 10.8. The summed E-state index contributed by atoms with van der Waals surface area (Å²) in [6.45, 7) is 1.40. The molecule has 23 heavy (non-hydrogen) atoms. The average Bonchev–Trinajstić information content (AvgIpc) is 3.24. The van der Waals surface area contributed by atoms with Crippen molar-refractivity contribution in [3.05, 3.63) is 35.1 Å². The lowest BCUT2D eigenvalue weighted by atomic mass is 10.0. The van der Waals surface area contributed by atoms with E-state index in [4.69, 9.17) is 10.2 Å². The normalized spacial score (nSPS) is 19.9. The summed E-state index contributed by atoms with van der Waals surface area (Å²) in [5.74, 6) is 0.177. The van der Waals surface area contributed by atoms with Crippen LogP contribution in [0.2, 0.25) is 0 Å². The molecule has 2 aromatic rings. The minimum Gasteiger partial charge on any atom is -0.464 e. The van der Waals surface area contributed by atoms with Crippen LogP contribution in [0.4, 0.5) is 0 Å². The lowest BCUT2D eigenvalue weighted by Crippen LogP contribution is -2.40. The summed E-state index contributed by atoms with van der Waals surface area (Å²) in [4.78, 5) is 14.5. The van der Waals surface area contributed by atoms with E-state index in [0.717, 1.165) is 48.8 Å². The molecule has 0 bridgehead atoms. The Labute approximate surface area is 142 Å². The number of likely N-dealkylation sites (tertiary alicyclic amines) is 1. The third kappa shape index (κ3) is 2.86. The van der Waals surface area contributed by atoms with E-state index in [1.165, 1.54) is 17.5 Å². The van der Waals surface area contributed by atoms with Gasteiger partial charge >= 0.3 is 0 Å². The second kappa shape index (κ2) is 6.54. The zero-order chi connectivity index (χ0) is 15.1. The number of aryl methyl sites for hydroxylation is 2. The number of hydrogen-bond acceptors (Lipinski definition) is 3. The third-order valence-corrected chi connectivity index (χ3v) is 5.18. The number of nitrogens with two attached hydrogens (primary N) is 1. The molecule has 4 rings (SSSR count). The molecule has 5 heteroatoms. The van der Waals surface area contributed by atoms with E-state index in [0.29, 0.717) is 13.0 Å². The zero-order valence-corrected chi connectivity index (χ0v) is 14.0. The van der Waals surface area contributed by atoms with Gasteiger partial charge < -0.3 is 15.1 Å². The van der Waals surface area contributed by atoms with E-state index in [9.17, 15) is 4.79 Å². The van der Waals surface area contributed by atoms with Gasteiger partial charge in [-0.1, -0.05) is 0 Å². The Bertz CT molecular complexity index is 725. The molecular weight excluding hydrogens is 312 g/mol. The van der Waals surface area contributed by atoms with Crippen molar-refractivity contribution in [1.82, 2.24) is 4.90 Å². The molecule has 1 aliphatic heterocycles. The van der Waals surface area contributed by atoms with Crippen LogP contribution in [0.15, 0.2) is 22.8 Å². The van der Waals surface area contributed by atoms with Crippen molar-refractivity contribution in [2.45, 2.75) is 44.6 Å². The van der Waals surface area contributed by atoms with Crippen molar-refractivity contribution in [3.63, 3.8) is 0 Å². The van der Waals surface area contributed by atoms with Crippen LogP contribution in [-0.2, 0) is 24.1 Å². The van der Waals surface area contributed by atoms with E-state index >= 15 is 0 Å². The fourth-order valence-corrected chi connectivity index (χ4v) is 3.96. The van der Waals surface area contributed by atoms with E-state index in [-0.39, 0.29) is 24.4 Å². The van der Waals surface area contributed by atoms with E-state index in [1.807, 2.05) is 4.90 Å². The fraction of sp³-hybridized carbons (Fsp3) is 0.500. The van der Waals surface area contributed by atoms with Crippen molar-refractivity contribution in [2.75, 3.05) is 13.1 Å². The number of nitrogens with zero attached hydrogens (tertiary/aromatic N) is 1. The quantitative estimate of drug-likeness (QED) is 0.939. The van der Waals surface area contributed by atoms with Gasteiger partial charge in [-0.25, -0.2) is 0 Å². The molecule has 124 valence electrons. The van der Waals surface area contributed by atoms with Crippen molar-refractivity contribution < 1.29 is 9.21 Å². The maximum atomic E-state index is 12.6. The molecule has 1 aliphatic carbocycles. The minimum atomic E-state index is 0. The van der Waals surface area contributed by atoms with Crippen molar-refractivity contribution in [1.29, 1.82) is 0 Å². The van der Waals surface area contributed by atoms with Crippen LogP contribution in [0.1, 0.15) is 36.0 Å². The highest BCUT2D eigenvalue weighted by molar-refractivity contribution is 5.89. The highest BCUT2D eigenvalue weighted by atomic mass is 35.5. The summed E-state index contributed by atoms with van der Waals surface area (Å²) < 4.78 is 5.70. The van der Waals surface area contributed by atoms with Crippen LogP contribution in [0.25, 0.3) is 11.0 Å². The largest absolute Gasteiger partial charge is 0.464 e. The maximum absolute atomic E-state index is 12.6. The Morgan fingerprint density at radius 3 is 2.83 bits per heavy atom. The van der Waals surface area contributed by atoms with Gasteiger partial charge in [-0.2, -0.15) is 0 Å². The molecule has 2 N–H and O–H groups in total. The van der Waals surface area contributed by atoms with Crippen molar-refractivity contribution in [3.8, 4) is 0 Å². The number of rotatable bonds is 3. The molecule has 0 spiro atoms. The van der Waals surface area contributed by atoms with Gasteiger partial charge in [0.05, 0.1) is 12.7 Å². The summed E-state index contributed by atoms with van der Waals surface area (Å²) in [5, 5.41) is 1.11. The first-order valence-electron chi connectivity index (χ1n) is 8.27. The molecule has 0 saturated carbocycles. The van der Waals surface area contributed by atoms with E-state index in [2.05, 4.69) is 12.1 Å². The molecule has 1 fully saturated rings. The van der Waals surface area contributed by atoms with Gasteiger partial charge in [0.25, 0.3) is 0 Å². The van der Waals surface area contributed by atoms with Crippen LogP contribution >= 0.6 is 12.4 Å². The number of fused-ring (bicyclic) bond motifs is 2. The van der Waals surface area contributed by atoms with Crippen molar-refractivity contribution in [2.24, 2.45) is 5.73 Å². The standard InChI is InChI=1S/C18H22N2O2.ClH/c19-10-15-5-2-6-20(15)18(21)9-14-11-22-17-8-13-4-1-3-12(13)7-16(14)17;/h7-8,11,15H,1-6,9-10,19H2;1H. The van der Waals surface area contributed by atoms with Gasteiger partial charge in [0, 0.05) is 30.1 Å². The molecule has 0 radical (unpaired) electrons. The summed E-state index contributed by atoms with van der Waals surface area (Å²) in [7, 11) is 0. The van der Waals surface area contributed by atoms with Crippen molar-refractivity contribution >= 4 is 29.3 Å². The summed E-state index contributed by atoms with van der Waals surface area (Å²) in [6, 6.07) is 4.60. The van der Waals surface area contributed by atoms with Gasteiger partial charge in [-0.3, -0.25) is 4.79 Å². The second-order valence-electron chi connectivity index (χ2n) is 6.53. The second-order valence-corrected chi connectivity index (χ2v) is 6.53. The molecule has 1 saturated heterocycles. The molecule has 2 heterocycles. The van der Waals surface area contributed by atoms with Gasteiger partial charge in [0.2, 0.25) is 5.91 Å². The first-order valence-corrected chi connectivity index (χ1v) is 8.27. The number of halogens is 1. The SMILES string of the molecule is Cl.NCC1CCCN1C(=O)Cc1coc2cc3c(cc12)CCC3. The number of carbonyl (C=O) groups is 1. The summed E-state index contributed by atoms with van der Waals surface area (Å²) >= 11 is 0. The van der Waals surface area contributed by atoms with E-state index in [1.54, 1.807) is 6.26 Å². The smallest absolute Gasteiger partial charge is 0.227 e. The maximum Gasteiger partial charge on any atom is 0.227 e. The first kappa shape index (κ1) is 16.3. The van der Waals surface area contributed by atoms with Crippen LogP contribution in [0, 0.1) is 0 Å². The molecule has 1 aromatic carbocycles. The van der Waals surface area contributed by atoms with Gasteiger partial charge in [-0.05, 0) is 55.4 Å². The molecule has 1 amide bonds. The van der Waals surface area contributed by atoms with Crippen LogP contribution < -0.4 is 5.73 Å². The van der Waals surface area contributed by atoms with E-state index < -0.39 is 0 Å². The lowest BCUT2D eigenvalue weighted by Gasteiger charge is -2.23. The Morgan fingerprint density at radius 1 is 1.26 bits per heavy atom. The van der Waals surface area contributed by atoms with Gasteiger partial charge in [0.1, 0.15) is 5.58 Å². The zero-order valence-electron chi connectivity index (χ0n) is 13.2. The number of benzene rings is 1. The van der Waals surface area contributed by atoms with Gasteiger partial charge in [0.15, 0.2) is 0 Å². The molecule has 4 nitrogen and oxygen atoms in total. The Hall–Kier alpha value is -1.52. The lowest BCUT2D eigenvalue weighted by molar-refractivity contribution is -0.131. The van der Waals surface area contributed by atoms with Crippen LogP contribution in [0.3, 0.4) is 0 Å². The Morgan fingerprint density at radius 2 is 2.04 bits per heavy atom. The number of carbonyl (C=O) groups excluding carboxylic acids is 1. The number of amides is 1. The predicted molar refractivity (Wildman–Crippen MR) is 93.0 cm³/mol. The Balaban J connectivity index is 0.00000156. The molecule has 2 aliphatic rings. The number of furan rings is 1. The third-order valence-electron chi connectivity index (χ3n) is 5.18. The highest BCUT2D eigenvalue weighted by Gasteiger charge is 2.28. The number of hydrogen-bond donors (Lipinski definition) is 1. The Kier molecular flexibility index (Phi) is 4.64. The average molecular weight is 335 g/mol. The molecule has 1 aromatic heterocycles. The predicted octanol–water partition coefficient (Wildman–Crippen LogP) is 2.84. The fourth-order valence-electron chi connectivity index (χ4n) is 3.96. The topological polar surface area (TPSA) is 59.5 Å². The van der Waals surface area contributed by atoms with Gasteiger partial charge in [-0.15, -0.1) is 12.4 Å². The summed E-state index contributed by atoms with van der Waals surface area (Å²) in [6.07, 6.45) is 7.78.